The second-order valence-electron chi connectivity index (χ2n) is 5.91. The van der Waals surface area contributed by atoms with Gasteiger partial charge in [-0.15, -0.1) is 0 Å². The van der Waals surface area contributed by atoms with Gasteiger partial charge in [0.25, 0.3) is 0 Å². The lowest BCUT2D eigenvalue weighted by Gasteiger charge is -2.12. The predicted molar refractivity (Wildman–Crippen MR) is 104 cm³/mol. The molecule has 108 valence electrons. The Hall–Kier alpha value is -1.38. The number of hydrogen-bond donors (Lipinski definition) is 0. The van der Waals surface area contributed by atoms with E-state index in [-0.39, 0.29) is 0 Å². The number of hydrogen-bond acceptors (Lipinski definition) is 0. The molecule has 0 atom stereocenters. The summed E-state index contributed by atoms with van der Waals surface area (Å²) in [7, 11) is 0. The lowest BCUT2D eigenvalue weighted by molar-refractivity contribution is 1.50. The van der Waals surface area contributed by atoms with Gasteiger partial charge in [0.15, 0.2) is 0 Å². The molecule has 0 heterocycles. The predicted octanol–water partition coefficient (Wildman–Crippen LogP) is 7.29. The summed E-state index contributed by atoms with van der Waals surface area (Å²) in [4.78, 5) is 0. The van der Waals surface area contributed by atoms with Gasteiger partial charge in [-0.25, -0.2) is 0 Å². The highest BCUT2D eigenvalue weighted by molar-refractivity contribution is 9.11. The molecule has 0 aliphatic carbocycles. The van der Waals surface area contributed by atoms with Crippen molar-refractivity contribution in [2.75, 3.05) is 0 Å². The standard InChI is InChI=1S/C20H14Br2/c1-11-3-5-13-15-10-20(22)18-8-12(2)4-6-14(18)16(15)9-19(21)17(13)7-11/h3-10H,1-2H3. The van der Waals surface area contributed by atoms with E-state index in [4.69, 9.17) is 0 Å². The molecule has 0 fully saturated rings. The van der Waals surface area contributed by atoms with Crippen molar-refractivity contribution in [3.05, 3.63) is 68.6 Å². The molecule has 0 saturated heterocycles. The first kappa shape index (κ1) is 14.2. The largest absolute Gasteiger partial charge is 0.0587 e. The average Bonchev–Trinajstić information content (AvgIpc) is 2.49. The first-order valence-corrected chi connectivity index (χ1v) is 8.84. The molecule has 0 aromatic heterocycles. The highest BCUT2D eigenvalue weighted by Crippen LogP contribution is 2.39. The van der Waals surface area contributed by atoms with Gasteiger partial charge < -0.3 is 0 Å². The van der Waals surface area contributed by atoms with Gasteiger partial charge in [-0.1, -0.05) is 79.4 Å². The van der Waals surface area contributed by atoms with E-state index in [1.54, 1.807) is 0 Å². The molecule has 0 nitrogen and oxygen atoms in total. The van der Waals surface area contributed by atoms with E-state index in [0.717, 1.165) is 8.95 Å². The number of benzene rings is 4. The van der Waals surface area contributed by atoms with Gasteiger partial charge in [-0.3, -0.25) is 0 Å². The Bertz CT molecular complexity index is 975. The molecule has 4 rings (SSSR count). The summed E-state index contributed by atoms with van der Waals surface area (Å²) < 4.78 is 2.31. The van der Waals surface area contributed by atoms with Crippen LogP contribution in [0, 0.1) is 13.8 Å². The summed E-state index contributed by atoms with van der Waals surface area (Å²) >= 11 is 7.52. The number of halogens is 2. The van der Waals surface area contributed by atoms with Crippen molar-refractivity contribution < 1.29 is 0 Å². The van der Waals surface area contributed by atoms with Crippen molar-refractivity contribution in [1.82, 2.24) is 0 Å². The van der Waals surface area contributed by atoms with Crippen LogP contribution in [0.15, 0.2) is 57.5 Å². The summed E-state index contributed by atoms with van der Waals surface area (Å²) in [6.07, 6.45) is 0. The topological polar surface area (TPSA) is 0 Å². The summed E-state index contributed by atoms with van der Waals surface area (Å²) in [5.41, 5.74) is 2.56. The van der Waals surface area contributed by atoms with Crippen molar-refractivity contribution in [3.8, 4) is 0 Å². The second-order valence-corrected chi connectivity index (χ2v) is 7.62. The van der Waals surface area contributed by atoms with E-state index in [2.05, 4.69) is 94.2 Å². The minimum absolute atomic E-state index is 1.16. The maximum Gasteiger partial charge on any atom is 0.0260 e. The van der Waals surface area contributed by atoms with Crippen LogP contribution in [-0.4, -0.2) is 0 Å². The number of fused-ring (bicyclic) bond motifs is 5. The fraction of sp³-hybridized carbons (Fsp3) is 0.100. The number of aryl methyl sites for hydroxylation is 2. The fourth-order valence-corrected chi connectivity index (χ4v) is 4.31. The number of rotatable bonds is 0. The van der Waals surface area contributed by atoms with Crippen LogP contribution in [-0.2, 0) is 0 Å². The molecule has 0 saturated carbocycles. The van der Waals surface area contributed by atoms with Crippen LogP contribution >= 0.6 is 31.9 Å². The van der Waals surface area contributed by atoms with E-state index < -0.39 is 0 Å². The molecule has 4 aromatic rings. The van der Waals surface area contributed by atoms with Crippen LogP contribution in [0.1, 0.15) is 11.1 Å². The molecule has 22 heavy (non-hydrogen) atoms. The van der Waals surface area contributed by atoms with E-state index in [0.29, 0.717) is 0 Å². The monoisotopic (exact) mass is 412 g/mol. The molecular formula is C20H14Br2. The van der Waals surface area contributed by atoms with Gasteiger partial charge in [0.2, 0.25) is 0 Å². The Kier molecular flexibility index (Phi) is 3.28. The van der Waals surface area contributed by atoms with Gasteiger partial charge >= 0.3 is 0 Å². The summed E-state index contributed by atoms with van der Waals surface area (Å²) in [6.45, 7) is 4.27. The molecule has 0 bridgehead atoms. The first-order valence-electron chi connectivity index (χ1n) is 7.26. The SMILES string of the molecule is Cc1ccc2c(c1)c(Br)cc1c3ccc(C)cc3c(Br)cc21. The van der Waals surface area contributed by atoms with Gasteiger partial charge in [0.05, 0.1) is 0 Å². The Labute approximate surface area is 146 Å². The third-order valence-corrected chi connectivity index (χ3v) is 5.59. The highest BCUT2D eigenvalue weighted by Gasteiger charge is 2.10. The van der Waals surface area contributed by atoms with Gasteiger partial charge in [0.1, 0.15) is 0 Å². The maximum absolute atomic E-state index is 3.76. The molecule has 0 unspecified atom stereocenters. The van der Waals surface area contributed by atoms with E-state index in [1.807, 2.05) is 0 Å². The third kappa shape index (κ3) is 2.09. The minimum atomic E-state index is 1.16. The zero-order chi connectivity index (χ0) is 15.4. The Morgan fingerprint density at radius 3 is 1.32 bits per heavy atom. The van der Waals surface area contributed by atoms with Gasteiger partial charge in [-0.05, 0) is 58.3 Å². The van der Waals surface area contributed by atoms with Crippen molar-refractivity contribution in [2.45, 2.75) is 13.8 Å². The fourth-order valence-electron chi connectivity index (χ4n) is 3.19. The maximum atomic E-state index is 3.76. The van der Waals surface area contributed by atoms with Gasteiger partial charge in [-0.2, -0.15) is 0 Å². The van der Waals surface area contributed by atoms with Crippen LogP contribution in [0.4, 0.5) is 0 Å². The molecule has 0 spiro atoms. The normalized spacial score (nSPS) is 11.6. The van der Waals surface area contributed by atoms with Crippen molar-refractivity contribution in [2.24, 2.45) is 0 Å². The Balaban J connectivity index is 2.30. The highest BCUT2D eigenvalue weighted by atomic mass is 79.9. The smallest absolute Gasteiger partial charge is 0.0260 e. The Morgan fingerprint density at radius 2 is 0.909 bits per heavy atom. The zero-order valence-electron chi connectivity index (χ0n) is 12.4. The molecule has 0 aliphatic heterocycles. The van der Waals surface area contributed by atoms with Crippen LogP contribution in [0.25, 0.3) is 32.3 Å². The molecular weight excluding hydrogens is 400 g/mol. The molecule has 2 heteroatoms. The second kappa shape index (κ2) is 5.07. The zero-order valence-corrected chi connectivity index (χ0v) is 15.5. The average molecular weight is 414 g/mol. The molecule has 0 radical (unpaired) electrons. The van der Waals surface area contributed by atoms with Crippen LogP contribution in [0.3, 0.4) is 0 Å². The lowest BCUT2D eigenvalue weighted by Crippen LogP contribution is -1.85. The van der Waals surface area contributed by atoms with Gasteiger partial charge in [0, 0.05) is 8.95 Å². The Morgan fingerprint density at radius 1 is 0.500 bits per heavy atom. The van der Waals surface area contributed by atoms with E-state index >= 15 is 0 Å². The minimum Gasteiger partial charge on any atom is -0.0587 e. The summed E-state index contributed by atoms with van der Waals surface area (Å²) in [5.74, 6) is 0. The van der Waals surface area contributed by atoms with Crippen molar-refractivity contribution in [3.63, 3.8) is 0 Å². The molecule has 4 aromatic carbocycles. The van der Waals surface area contributed by atoms with E-state index in [9.17, 15) is 0 Å². The molecule has 0 aliphatic rings. The van der Waals surface area contributed by atoms with Crippen molar-refractivity contribution >= 4 is 64.2 Å². The van der Waals surface area contributed by atoms with E-state index in [1.165, 1.54) is 43.4 Å². The van der Waals surface area contributed by atoms with Crippen LogP contribution in [0.5, 0.6) is 0 Å². The third-order valence-electron chi connectivity index (χ3n) is 4.28. The lowest BCUT2D eigenvalue weighted by atomic mass is 9.95. The van der Waals surface area contributed by atoms with Crippen LogP contribution < -0.4 is 0 Å². The molecule has 0 amide bonds. The summed E-state index contributed by atoms with van der Waals surface area (Å²) in [6, 6.07) is 17.8. The van der Waals surface area contributed by atoms with Crippen molar-refractivity contribution in [1.29, 1.82) is 0 Å². The van der Waals surface area contributed by atoms with Crippen LogP contribution in [0.2, 0.25) is 0 Å². The summed E-state index contributed by atoms with van der Waals surface area (Å²) in [5, 5.41) is 7.70. The first-order chi connectivity index (χ1) is 10.5. The molecule has 0 N–H and O–H groups in total. The quantitative estimate of drug-likeness (QED) is 0.265.